The molecule has 2 heterocycles. The first-order chi connectivity index (χ1) is 9.28. The molecule has 0 aromatic carbocycles. The Morgan fingerprint density at radius 2 is 2.16 bits per heavy atom. The topological polar surface area (TPSA) is 36.4 Å². The van der Waals surface area contributed by atoms with E-state index in [9.17, 15) is 0 Å². The van der Waals surface area contributed by atoms with Crippen molar-refractivity contribution in [1.82, 2.24) is 10.6 Å². The number of nitrogens with zero attached hydrogens (tertiary/aromatic N) is 1. The van der Waals surface area contributed by atoms with Crippen LogP contribution in [0, 0.1) is 6.92 Å². The van der Waals surface area contributed by atoms with E-state index >= 15 is 0 Å². The first kappa shape index (κ1) is 14.1. The molecular formula is C14H19N3S2. The third-order valence-electron chi connectivity index (χ3n) is 2.57. The van der Waals surface area contributed by atoms with Gasteiger partial charge in [-0.1, -0.05) is 0 Å². The summed E-state index contributed by atoms with van der Waals surface area (Å²) >= 11 is 3.53. The minimum atomic E-state index is 0.725. The van der Waals surface area contributed by atoms with Crippen molar-refractivity contribution in [2.24, 2.45) is 4.99 Å². The van der Waals surface area contributed by atoms with Gasteiger partial charge in [-0.15, -0.1) is 11.3 Å². The summed E-state index contributed by atoms with van der Waals surface area (Å²) < 4.78 is 0. The van der Waals surface area contributed by atoms with Gasteiger partial charge in [0.2, 0.25) is 0 Å². The number of rotatable bonds is 5. The molecule has 0 radical (unpaired) electrons. The van der Waals surface area contributed by atoms with Crippen molar-refractivity contribution in [3.63, 3.8) is 0 Å². The van der Waals surface area contributed by atoms with Crippen LogP contribution in [0.5, 0.6) is 0 Å². The lowest BCUT2D eigenvalue weighted by Crippen LogP contribution is -2.36. The molecular weight excluding hydrogens is 274 g/mol. The number of hydrogen-bond donors (Lipinski definition) is 2. The van der Waals surface area contributed by atoms with E-state index in [0.29, 0.717) is 0 Å². The lowest BCUT2D eigenvalue weighted by atomic mass is 10.3. The van der Waals surface area contributed by atoms with Gasteiger partial charge in [0.15, 0.2) is 5.96 Å². The molecule has 2 aromatic heterocycles. The highest BCUT2D eigenvalue weighted by Crippen LogP contribution is 2.14. The Morgan fingerprint density at radius 1 is 1.26 bits per heavy atom. The molecule has 0 amide bonds. The second kappa shape index (κ2) is 7.31. The van der Waals surface area contributed by atoms with Crippen LogP contribution in [0.4, 0.5) is 0 Å². The van der Waals surface area contributed by atoms with Crippen LogP contribution in [0.1, 0.15) is 22.2 Å². The van der Waals surface area contributed by atoms with Gasteiger partial charge in [-0.3, -0.25) is 0 Å². The molecule has 0 spiro atoms. The van der Waals surface area contributed by atoms with Crippen LogP contribution < -0.4 is 10.6 Å². The van der Waals surface area contributed by atoms with Crippen LogP contribution in [0.25, 0.3) is 0 Å². The maximum atomic E-state index is 4.58. The highest BCUT2D eigenvalue weighted by Gasteiger charge is 2.00. The number of hydrogen-bond acceptors (Lipinski definition) is 3. The second-order valence-electron chi connectivity index (χ2n) is 4.19. The molecule has 3 nitrogen and oxygen atoms in total. The van der Waals surface area contributed by atoms with Gasteiger partial charge in [0, 0.05) is 16.3 Å². The summed E-state index contributed by atoms with van der Waals surface area (Å²) in [6.45, 7) is 6.64. The fourth-order valence-electron chi connectivity index (χ4n) is 1.65. The molecule has 2 aromatic rings. The molecule has 2 N–H and O–H groups in total. The first-order valence-corrected chi connectivity index (χ1v) is 8.12. The fourth-order valence-corrected chi connectivity index (χ4v) is 3.14. The molecule has 0 atom stereocenters. The van der Waals surface area contributed by atoms with Gasteiger partial charge in [0.1, 0.15) is 0 Å². The van der Waals surface area contributed by atoms with Crippen LogP contribution in [0.15, 0.2) is 34.0 Å². The Hall–Kier alpha value is -1.33. The first-order valence-electron chi connectivity index (χ1n) is 6.36. The van der Waals surface area contributed by atoms with E-state index in [2.05, 4.69) is 58.4 Å². The summed E-state index contributed by atoms with van der Waals surface area (Å²) in [5.41, 5.74) is 1.26. The van der Waals surface area contributed by atoms with Crippen molar-refractivity contribution in [1.29, 1.82) is 0 Å². The van der Waals surface area contributed by atoms with Crippen molar-refractivity contribution in [2.75, 3.05) is 6.54 Å². The predicted molar refractivity (Wildman–Crippen MR) is 85.0 cm³/mol. The van der Waals surface area contributed by atoms with E-state index in [4.69, 9.17) is 0 Å². The van der Waals surface area contributed by atoms with Crippen LogP contribution in [0.3, 0.4) is 0 Å². The second-order valence-corrected chi connectivity index (χ2v) is 6.35. The van der Waals surface area contributed by atoms with E-state index in [1.165, 1.54) is 15.3 Å². The zero-order chi connectivity index (χ0) is 13.5. The zero-order valence-electron chi connectivity index (χ0n) is 11.3. The molecule has 5 heteroatoms. The van der Waals surface area contributed by atoms with E-state index in [-0.39, 0.29) is 0 Å². The Kier molecular flexibility index (Phi) is 5.42. The molecule has 102 valence electrons. The molecule has 0 fully saturated rings. The Balaban J connectivity index is 1.89. The molecule has 0 aliphatic rings. The van der Waals surface area contributed by atoms with Gasteiger partial charge in [-0.2, -0.15) is 11.3 Å². The van der Waals surface area contributed by atoms with Gasteiger partial charge in [-0.05, 0) is 48.4 Å². The molecule has 0 saturated heterocycles. The molecule has 0 saturated carbocycles. The van der Waals surface area contributed by atoms with Crippen molar-refractivity contribution >= 4 is 28.6 Å². The summed E-state index contributed by atoms with van der Waals surface area (Å²) in [6, 6.07) is 6.42. The van der Waals surface area contributed by atoms with E-state index < -0.39 is 0 Å². The smallest absolute Gasteiger partial charge is 0.191 e. The third kappa shape index (κ3) is 4.69. The highest BCUT2D eigenvalue weighted by atomic mass is 32.1. The van der Waals surface area contributed by atoms with Gasteiger partial charge >= 0.3 is 0 Å². The summed E-state index contributed by atoms with van der Waals surface area (Å²) in [5.74, 6) is 0.875. The lowest BCUT2D eigenvalue weighted by molar-refractivity contribution is 0.824. The van der Waals surface area contributed by atoms with Crippen molar-refractivity contribution in [2.45, 2.75) is 26.9 Å². The quantitative estimate of drug-likeness (QED) is 0.655. The largest absolute Gasteiger partial charge is 0.357 e. The van der Waals surface area contributed by atoms with Gasteiger partial charge in [-0.25, -0.2) is 4.99 Å². The SMILES string of the molecule is CCNC(=NCc1ccsc1)NCc1ccc(C)s1. The standard InChI is InChI=1S/C14H19N3S2/c1-3-15-14(16-8-12-6-7-18-10-12)17-9-13-5-4-11(2)19-13/h4-7,10H,3,8-9H2,1-2H3,(H2,15,16,17). The minimum absolute atomic E-state index is 0.725. The highest BCUT2D eigenvalue weighted by molar-refractivity contribution is 7.11. The van der Waals surface area contributed by atoms with Crippen LogP contribution in [0.2, 0.25) is 0 Å². The Labute approximate surface area is 122 Å². The summed E-state index contributed by atoms with van der Waals surface area (Å²) in [6.07, 6.45) is 0. The molecule has 0 unspecified atom stereocenters. The normalized spacial score (nSPS) is 11.6. The zero-order valence-corrected chi connectivity index (χ0v) is 12.9. The minimum Gasteiger partial charge on any atom is -0.357 e. The fraction of sp³-hybridized carbons (Fsp3) is 0.357. The summed E-state index contributed by atoms with van der Waals surface area (Å²) in [5, 5.41) is 10.9. The van der Waals surface area contributed by atoms with Crippen LogP contribution >= 0.6 is 22.7 Å². The Bertz CT molecular complexity index is 515. The number of nitrogens with one attached hydrogen (secondary N) is 2. The van der Waals surface area contributed by atoms with Crippen LogP contribution in [-0.4, -0.2) is 12.5 Å². The van der Waals surface area contributed by atoms with Crippen LogP contribution in [-0.2, 0) is 13.1 Å². The average molecular weight is 293 g/mol. The summed E-state index contributed by atoms with van der Waals surface area (Å²) in [4.78, 5) is 7.26. The van der Waals surface area contributed by atoms with Gasteiger partial charge < -0.3 is 10.6 Å². The molecule has 19 heavy (non-hydrogen) atoms. The van der Waals surface area contributed by atoms with Crippen molar-refractivity contribution in [3.8, 4) is 0 Å². The van der Waals surface area contributed by atoms with Gasteiger partial charge in [0.25, 0.3) is 0 Å². The number of thiophene rings is 2. The van der Waals surface area contributed by atoms with E-state index in [0.717, 1.165) is 25.6 Å². The monoisotopic (exact) mass is 293 g/mol. The molecule has 0 bridgehead atoms. The maximum Gasteiger partial charge on any atom is 0.191 e. The predicted octanol–water partition coefficient (Wildman–Crippen LogP) is 3.37. The lowest BCUT2D eigenvalue weighted by Gasteiger charge is -2.10. The molecule has 2 rings (SSSR count). The number of aryl methyl sites for hydroxylation is 1. The van der Waals surface area contributed by atoms with Crippen molar-refractivity contribution in [3.05, 3.63) is 44.3 Å². The van der Waals surface area contributed by atoms with E-state index in [1.54, 1.807) is 11.3 Å². The third-order valence-corrected chi connectivity index (χ3v) is 4.30. The molecule has 0 aliphatic carbocycles. The van der Waals surface area contributed by atoms with E-state index in [1.807, 2.05) is 11.3 Å². The summed E-state index contributed by atoms with van der Waals surface area (Å²) in [7, 11) is 0. The number of guanidine groups is 1. The molecule has 0 aliphatic heterocycles. The Morgan fingerprint density at radius 3 is 2.79 bits per heavy atom. The number of aliphatic imine (C=N–C) groups is 1. The van der Waals surface area contributed by atoms with Crippen molar-refractivity contribution < 1.29 is 0 Å². The average Bonchev–Trinajstić information content (AvgIpc) is 3.04. The van der Waals surface area contributed by atoms with Gasteiger partial charge in [0.05, 0.1) is 13.1 Å². The maximum absolute atomic E-state index is 4.58.